The fourth-order valence-corrected chi connectivity index (χ4v) is 1.06. The summed E-state index contributed by atoms with van der Waals surface area (Å²) in [6.45, 7) is 3.94. The Bertz CT molecular complexity index is 566. The highest BCUT2D eigenvalue weighted by atomic mass is 32.3. The van der Waals surface area contributed by atoms with Crippen LogP contribution in [-0.4, -0.2) is 36.6 Å². The number of aromatic nitrogens is 4. The van der Waals surface area contributed by atoms with Gasteiger partial charge in [-0.05, 0) is 13.8 Å². The number of imidazole rings is 2. The Morgan fingerprint density at radius 2 is 1.24 bits per heavy atom. The molecule has 2 N–H and O–H groups in total. The lowest BCUT2D eigenvalue weighted by molar-refractivity contribution is 0.381. The highest BCUT2D eigenvalue weighted by Crippen LogP contribution is 1.85. The third kappa shape index (κ3) is 14.0. The van der Waals surface area contributed by atoms with Gasteiger partial charge in [-0.1, -0.05) is 12.2 Å². The highest BCUT2D eigenvalue weighted by molar-refractivity contribution is 7.79. The van der Waals surface area contributed by atoms with Crippen molar-refractivity contribution in [1.82, 2.24) is 19.1 Å². The molecule has 2 aromatic heterocycles. The fourth-order valence-electron chi connectivity index (χ4n) is 1.06. The lowest BCUT2D eigenvalue weighted by Gasteiger charge is -1.83. The van der Waals surface area contributed by atoms with Crippen LogP contribution in [0.4, 0.5) is 0 Å². The SMILES string of the molecule is CC=Cn1ccnc1.CC=Cn1ccnc1.O=S(=O)(O)O. The van der Waals surface area contributed by atoms with Crippen LogP contribution in [0.15, 0.2) is 49.6 Å². The topological polar surface area (TPSA) is 110 Å². The van der Waals surface area contributed by atoms with E-state index in [4.69, 9.17) is 17.5 Å². The van der Waals surface area contributed by atoms with Crippen molar-refractivity contribution in [2.24, 2.45) is 0 Å². The van der Waals surface area contributed by atoms with Crippen molar-refractivity contribution in [3.63, 3.8) is 0 Å². The van der Waals surface area contributed by atoms with E-state index in [1.54, 1.807) is 25.0 Å². The van der Waals surface area contributed by atoms with Crippen LogP contribution >= 0.6 is 0 Å². The van der Waals surface area contributed by atoms with Crippen LogP contribution in [0.1, 0.15) is 13.8 Å². The van der Waals surface area contributed by atoms with Gasteiger partial charge in [0, 0.05) is 37.2 Å². The minimum atomic E-state index is -4.67. The first kappa shape index (κ1) is 18.8. The molecule has 0 amide bonds. The van der Waals surface area contributed by atoms with Gasteiger partial charge >= 0.3 is 10.4 Å². The maximum Gasteiger partial charge on any atom is 0.394 e. The molecule has 0 unspecified atom stereocenters. The van der Waals surface area contributed by atoms with Crippen molar-refractivity contribution in [2.75, 3.05) is 0 Å². The zero-order chi connectivity index (χ0) is 16.1. The second-order valence-electron chi connectivity index (χ2n) is 3.43. The first-order chi connectivity index (χ1) is 9.86. The minimum absolute atomic E-state index is 1.75. The Morgan fingerprint density at radius 3 is 1.43 bits per heavy atom. The monoisotopic (exact) mass is 314 g/mol. The lowest BCUT2D eigenvalue weighted by Crippen LogP contribution is -1.89. The molecular formula is C12H18N4O4S. The van der Waals surface area contributed by atoms with E-state index in [1.165, 1.54) is 0 Å². The average molecular weight is 314 g/mol. The lowest BCUT2D eigenvalue weighted by atomic mass is 10.7. The molecule has 0 saturated carbocycles. The summed E-state index contributed by atoms with van der Waals surface area (Å²) >= 11 is 0. The molecule has 0 saturated heterocycles. The number of allylic oxidation sites excluding steroid dienone is 2. The molecule has 0 spiro atoms. The van der Waals surface area contributed by atoms with E-state index in [9.17, 15) is 0 Å². The summed E-state index contributed by atoms with van der Waals surface area (Å²) in [6, 6.07) is 0. The first-order valence-corrected chi connectivity index (χ1v) is 7.17. The van der Waals surface area contributed by atoms with Gasteiger partial charge in [0.05, 0.1) is 12.7 Å². The summed E-state index contributed by atoms with van der Waals surface area (Å²) in [5.74, 6) is 0. The van der Waals surface area contributed by atoms with Crippen molar-refractivity contribution >= 4 is 22.8 Å². The smallest absolute Gasteiger partial charge is 0.313 e. The fraction of sp³-hybridized carbons (Fsp3) is 0.167. The Kier molecular flexibility index (Phi) is 9.43. The zero-order valence-electron chi connectivity index (χ0n) is 11.7. The van der Waals surface area contributed by atoms with E-state index in [0.29, 0.717) is 0 Å². The summed E-state index contributed by atoms with van der Waals surface area (Å²) in [5.41, 5.74) is 0. The molecule has 2 aromatic rings. The summed E-state index contributed by atoms with van der Waals surface area (Å²) in [6.07, 6.45) is 18.6. The second-order valence-corrected chi connectivity index (χ2v) is 4.33. The maximum atomic E-state index is 8.74. The third-order valence-corrected chi connectivity index (χ3v) is 1.69. The van der Waals surface area contributed by atoms with Crippen LogP contribution in [0.5, 0.6) is 0 Å². The molecule has 0 aliphatic heterocycles. The van der Waals surface area contributed by atoms with Crippen molar-refractivity contribution in [1.29, 1.82) is 0 Å². The molecule has 0 aromatic carbocycles. The molecule has 2 rings (SSSR count). The van der Waals surface area contributed by atoms with E-state index in [0.717, 1.165) is 0 Å². The summed E-state index contributed by atoms with van der Waals surface area (Å²) in [4.78, 5) is 7.70. The van der Waals surface area contributed by atoms with Gasteiger partial charge in [0.2, 0.25) is 0 Å². The van der Waals surface area contributed by atoms with Crippen LogP contribution in [-0.2, 0) is 10.4 Å². The molecular weight excluding hydrogens is 296 g/mol. The molecule has 0 bridgehead atoms. The van der Waals surface area contributed by atoms with Gasteiger partial charge in [-0.25, -0.2) is 9.97 Å². The summed E-state index contributed by atoms with van der Waals surface area (Å²) in [7, 11) is -4.67. The van der Waals surface area contributed by atoms with Crippen LogP contribution in [0.25, 0.3) is 12.4 Å². The summed E-state index contributed by atoms with van der Waals surface area (Å²) < 4.78 is 35.4. The van der Waals surface area contributed by atoms with Crippen LogP contribution in [0.3, 0.4) is 0 Å². The van der Waals surface area contributed by atoms with Crippen LogP contribution < -0.4 is 0 Å². The second kappa shape index (κ2) is 10.5. The first-order valence-electron chi connectivity index (χ1n) is 5.77. The van der Waals surface area contributed by atoms with Crippen molar-refractivity contribution in [3.05, 3.63) is 49.6 Å². The standard InChI is InChI=1S/2C6H8N2.H2O4S/c2*1-2-4-8-5-3-7-6-8;1-5(2,3)4/h2*2-6H,1H3;(H2,1,2,3,4). The van der Waals surface area contributed by atoms with Gasteiger partial charge in [-0.2, -0.15) is 8.42 Å². The Morgan fingerprint density at radius 1 is 0.905 bits per heavy atom. The number of hydrogen-bond acceptors (Lipinski definition) is 4. The van der Waals surface area contributed by atoms with Gasteiger partial charge in [0.25, 0.3) is 0 Å². The normalized spacial score (nSPS) is 10.9. The maximum absolute atomic E-state index is 8.74. The van der Waals surface area contributed by atoms with Gasteiger partial charge < -0.3 is 9.13 Å². The quantitative estimate of drug-likeness (QED) is 0.821. The van der Waals surface area contributed by atoms with Gasteiger partial charge in [-0.15, -0.1) is 0 Å². The van der Waals surface area contributed by atoms with E-state index in [-0.39, 0.29) is 0 Å². The molecule has 0 atom stereocenters. The molecule has 116 valence electrons. The molecule has 8 nitrogen and oxygen atoms in total. The van der Waals surface area contributed by atoms with Gasteiger partial charge in [0.1, 0.15) is 0 Å². The summed E-state index contributed by atoms with van der Waals surface area (Å²) in [5, 5.41) is 0. The van der Waals surface area contributed by atoms with E-state index in [2.05, 4.69) is 9.97 Å². The van der Waals surface area contributed by atoms with Gasteiger partial charge in [0.15, 0.2) is 0 Å². The Labute approximate surface area is 123 Å². The van der Waals surface area contributed by atoms with E-state index in [1.807, 2.05) is 59.9 Å². The van der Waals surface area contributed by atoms with E-state index >= 15 is 0 Å². The molecule has 21 heavy (non-hydrogen) atoms. The van der Waals surface area contributed by atoms with Crippen molar-refractivity contribution in [3.8, 4) is 0 Å². The average Bonchev–Trinajstić information content (AvgIpc) is 3.01. The molecule has 9 heteroatoms. The van der Waals surface area contributed by atoms with Crippen LogP contribution in [0.2, 0.25) is 0 Å². The largest absolute Gasteiger partial charge is 0.394 e. The molecule has 0 aliphatic carbocycles. The predicted octanol–water partition coefficient (Wildman–Crippen LogP) is 2.09. The molecule has 0 radical (unpaired) electrons. The molecule has 0 aliphatic rings. The van der Waals surface area contributed by atoms with E-state index < -0.39 is 10.4 Å². The number of nitrogens with zero attached hydrogens (tertiary/aromatic N) is 4. The van der Waals surface area contributed by atoms with Gasteiger partial charge in [-0.3, -0.25) is 9.11 Å². The number of rotatable bonds is 2. The predicted molar refractivity (Wildman–Crippen MR) is 80.6 cm³/mol. The molecule has 0 fully saturated rings. The van der Waals surface area contributed by atoms with Crippen molar-refractivity contribution in [2.45, 2.75) is 13.8 Å². The highest BCUT2D eigenvalue weighted by Gasteiger charge is 1.84. The van der Waals surface area contributed by atoms with Crippen LogP contribution in [0, 0.1) is 0 Å². The van der Waals surface area contributed by atoms with Crippen molar-refractivity contribution < 1.29 is 17.5 Å². The minimum Gasteiger partial charge on any atom is -0.313 e. The molecule has 2 heterocycles. The number of hydrogen-bond donors (Lipinski definition) is 2. The third-order valence-electron chi connectivity index (χ3n) is 1.69. The Balaban J connectivity index is 0.000000296. The Hall–Kier alpha value is -2.23. The zero-order valence-corrected chi connectivity index (χ0v) is 12.5.